The lowest BCUT2D eigenvalue weighted by atomic mass is 10.00. The smallest absolute Gasteiger partial charge is 0.200 e. The second kappa shape index (κ2) is 4.29. The zero-order chi connectivity index (χ0) is 12.4. The van der Waals surface area contributed by atoms with E-state index in [2.05, 4.69) is 0 Å². The van der Waals surface area contributed by atoms with Crippen LogP contribution in [0.2, 0.25) is 0 Å². The Bertz CT molecular complexity index is 573. The van der Waals surface area contributed by atoms with Gasteiger partial charge >= 0.3 is 0 Å². The van der Waals surface area contributed by atoms with Crippen molar-refractivity contribution in [3.63, 3.8) is 0 Å². The summed E-state index contributed by atoms with van der Waals surface area (Å²) in [7, 11) is 0. The number of rotatable bonds is 2. The molecule has 2 aromatic carbocycles. The van der Waals surface area contributed by atoms with Gasteiger partial charge in [0.15, 0.2) is 5.78 Å². The molecule has 0 aromatic heterocycles. The third kappa shape index (κ3) is 1.99. The Morgan fingerprint density at radius 3 is 2.29 bits per heavy atom. The van der Waals surface area contributed by atoms with E-state index in [1.165, 1.54) is 18.2 Å². The van der Waals surface area contributed by atoms with E-state index < -0.39 is 0 Å². The maximum Gasteiger partial charge on any atom is 0.200 e. The molecular weight excluding hydrogens is 216 g/mol. The van der Waals surface area contributed by atoms with Gasteiger partial charge in [-0.2, -0.15) is 0 Å². The fourth-order valence-electron chi connectivity index (χ4n) is 1.65. The van der Waals surface area contributed by atoms with Crippen LogP contribution in [0.15, 0.2) is 42.5 Å². The third-order valence-corrected chi connectivity index (χ3v) is 2.63. The zero-order valence-corrected chi connectivity index (χ0v) is 9.34. The Hall–Kier alpha value is -2.29. The number of phenolic OH excluding ortho intramolecular Hbond substituents is 2. The van der Waals surface area contributed by atoms with Gasteiger partial charge in [-0.15, -0.1) is 0 Å². The van der Waals surface area contributed by atoms with Crippen molar-refractivity contribution in [1.29, 1.82) is 0 Å². The maximum atomic E-state index is 12.1. The van der Waals surface area contributed by atoms with Crippen LogP contribution in [-0.2, 0) is 0 Å². The number of ketones is 1. The molecule has 0 radical (unpaired) electrons. The number of aryl methyl sites for hydroxylation is 1. The largest absolute Gasteiger partial charge is 0.507 e. The number of hydrogen-bond acceptors (Lipinski definition) is 3. The molecule has 2 aromatic rings. The number of carbonyl (C=O) groups excluding carboxylic acids is 1. The molecule has 0 aliphatic rings. The lowest BCUT2D eigenvalue weighted by molar-refractivity contribution is 0.103. The quantitative estimate of drug-likeness (QED) is 0.777. The normalized spacial score (nSPS) is 10.2. The summed E-state index contributed by atoms with van der Waals surface area (Å²) < 4.78 is 0. The van der Waals surface area contributed by atoms with Crippen LogP contribution in [0.5, 0.6) is 11.5 Å². The van der Waals surface area contributed by atoms with Crippen LogP contribution in [-0.4, -0.2) is 16.0 Å². The summed E-state index contributed by atoms with van der Waals surface area (Å²) in [6.45, 7) is 1.72. The molecule has 0 heterocycles. The molecule has 0 fully saturated rings. The third-order valence-electron chi connectivity index (χ3n) is 2.63. The second-order valence-electron chi connectivity index (χ2n) is 3.82. The minimum atomic E-state index is -0.385. The molecule has 2 rings (SSSR count). The molecule has 0 unspecified atom stereocenters. The molecule has 3 heteroatoms. The molecule has 0 aliphatic heterocycles. The molecule has 0 spiro atoms. The van der Waals surface area contributed by atoms with Gasteiger partial charge in [-0.1, -0.05) is 24.3 Å². The summed E-state index contributed by atoms with van der Waals surface area (Å²) >= 11 is 0. The van der Waals surface area contributed by atoms with Crippen LogP contribution in [0.1, 0.15) is 21.5 Å². The minimum absolute atomic E-state index is 0.0410. The fourth-order valence-corrected chi connectivity index (χ4v) is 1.65. The topological polar surface area (TPSA) is 57.5 Å². The Labute approximate surface area is 99.0 Å². The molecule has 2 N–H and O–H groups in total. The van der Waals surface area contributed by atoms with Crippen molar-refractivity contribution in [2.24, 2.45) is 0 Å². The van der Waals surface area contributed by atoms with Gasteiger partial charge in [0.2, 0.25) is 0 Å². The Morgan fingerprint density at radius 2 is 1.59 bits per heavy atom. The molecule has 17 heavy (non-hydrogen) atoms. The van der Waals surface area contributed by atoms with E-state index in [4.69, 9.17) is 0 Å². The Kier molecular flexibility index (Phi) is 2.83. The Morgan fingerprint density at radius 1 is 0.941 bits per heavy atom. The average Bonchev–Trinajstić information content (AvgIpc) is 2.32. The van der Waals surface area contributed by atoms with Crippen LogP contribution in [0.3, 0.4) is 0 Å². The molecular formula is C14H12O3. The lowest BCUT2D eigenvalue weighted by Gasteiger charge is -2.07. The van der Waals surface area contributed by atoms with Crippen LogP contribution in [0.25, 0.3) is 0 Å². The first-order chi connectivity index (χ1) is 8.11. The van der Waals surface area contributed by atoms with E-state index in [9.17, 15) is 15.0 Å². The van der Waals surface area contributed by atoms with E-state index >= 15 is 0 Å². The molecule has 0 saturated heterocycles. The van der Waals surface area contributed by atoms with E-state index in [-0.39, 0.29) is 28.4 Å². The van der Waals surface area contributed by atoms with Gasteiger partial charge in [-0.3, -0.25) is 4.79 Å². The first-order valence-corrected chi connectivity index (χ1v) is 5.22. The van der Waals surface area contributed by atoms with Gasteiger partial charge in [-0.25, -0.2) is 0 Å². The average molecular weight is 228 g/mol. The number of hydrogen-bond donors (Lipinski definition) is 2. The highest BCUT2D eigenvalue weighted by Gasteiger charge is 2.17. The predicted molar refractivity (Wildman–Crippen MR) is 64.4 cm³/mol. The molecule has 0 bridgehead atoms. The van der Waals surface area contributed by atoms with Crippen molar-refractivity contribution in [3.8, 4) is 11.5 Å². The van der Waals surface area contributed by atoms with Gasteiger partial charge < -0.3 is 10.2 Å². The number of aromatic hydroxyl groups is 2. The van der Waals surface area contributed by atoms with Crippen molar-refractivity contribution in [1.82, 2.24) is 0 Å². The van der Waals surface area contributed by atoms with Crippen molar-refractivity contribution in [2.45, 2.75) is 6.92 Å². The van der Waals surface area contributed by atoms with E-state index in [1.807, 2.05) is 0 Å². The highest BCUT2D eigenvalue weighted by molar-refractivity contribution is 6.12. The van der Waals surface area contributed by atoms with Gasteiger partial charge in [0.1, 0.15) is 11.5 Å². The Balaban J connectivity index is 2.52. The SMILES string of the molecule is Cc1cccc(C(=O)c2ccccc2O)c1O. The van der Waals surface area contributed by atoms with Crippen LogP contribution < -0.4 is 0 Å². The monoisotopic (exact) mass is 228 g/mol. The summed E-state index contributed by atoms with van der Waals surface area (Å²) in [5, 5.41) is 19.4. The summed E-state index contributed by atoms with van der Waals surface area (Å²) in [5.74, 6) is -0.511. The fraction of sp³-hybridized carbons (Fsp3) is 0.0714. The zero-order valence-electron chi connectivity index (χ0n) is 9.34. The van der Waals surface area contributed by atoms with Gasteiger partial charge in [0, 0.05) is 0 Å². The van der Waals surface area contributed by atoms with Gasteiger partial charge in [-0.05, 0) is 30.7 Å². The number of benzene rings is 2. The summed E-state index contributed by atoms with van der Waals surface area (Å²) in [4.78, 5) is 12.1. The van der Waals surface area contributed by atoms with E-state index in [1.54, 1.807) is 31.2 Å². The van der Waals surface area contributed by atoms with Crippen LogP contribution in [0.4, 0.5) is 0 Å². The second-order valence-corrected chi connectivity index (χ2v) is 3.82. The van der Waals surface area contributed by atoms with Crippen molar-refractivity contribution in [2.75, 3.05) is 0 Å². The van der Waals surface area contributed by atoms with E-state index in [0.717, 1.165) is 0 Å². The molecule has 0 amide bonds. The highest BCUT2D eigenvalue weighted by Crippen LogP contribution is 2.27. The van der Waals surface area contributed by atoms with Gasteiger partial charge in [0.25, 0.3) is 0 Å². The lowest BCUT2D eigenvalue weighted by Crippen LogP contribution is -2.02. The summed E-state index contributed by atoms with van der Waals surface area (Å²) in [6, 6.07) is 11.2. The first kappa shape index (κ1) is 11.2. The van der Waals surface area contributed by atoms with Crippen LogP contribution >= 0.6 is 0 Å². The molecule has 0 aliphatic carbocycles. The van der Waals surface area contributed by atoms with Crippen LogP contribution in [0, 0.1) is 6.92 Å². The molecule has 3 nitrogen and oxygen atoms in total. The molecule has 0 saturated carbocycles. The van der Waals surface area contributed by atoms with Gasteiger partial charge in [0.05, 0.1) is 11.1 Å². The number of phenols is 2. The summed E-state index contributed by atoms with van der Waals surface area (Å²) in [6.07, 6.45) is 0. The number of para-hydroxylation sites is 2. The van der Waals surface area contributed by atoms with E-state index in [0.29, 0.717) is 5.56 Å². The standard InChI is InChI=1S/C14H12O3/c1-9-5-4-7-11(13(9)16)14(17)10-6-2-3-8-12(10)15/h2-8,15-16H,1H3. The highest BCUT2D eigenvalue weighted by atomic mass is 16.3. The molecule has 0 atom stereocenters. The molecule has 86 valence electrons. The van der Waals surface area contributed by atoms with Crippen molar-refractivity contribution < 1.29 is 15.0 Å². The first-order valence-electron chi connectivity index (χ1n) is 5.22. The van der Waals surface area contributed by atoms with Crippen molar-refractivity contribution in [3.05, 3.63) is 59.2 Å². The number of carbonyl (C=O) groups is 1. The predicted octanol–water partition coefficient (Wildman–Crippen LogP) is 2.64. The summed E-state index contributed by atoms with van der Waals surface area (Å²) in [5.41, 5.74) is 1.02. The maximum absolute atomic E-state index is 12.1. The van der Waals surface area contributed by atoms with Crippen molar-refractivity contribution >= 4 is 5.78 Å². The minimum Gasteiger partial charge on any atom is -0.507 e.